The fourth-order valence-electron chi connectivity index (χ4n) is 3.45. The summed E-state index contributed by atoms with van der Waals surface area (Å²) >= 11 is 0. The third-order valence-electron chi connectivity index (χ3n) is 6.37. The average Bonchev–Trinajstić information content (AvgIpc) is 2.62. The second-order valence-corrected chi connectivity index (χ2v) is 8.26. The van der Waals surface area contributed by atoms with Gasteiger partial charge in [-0.25, -0.2) is 4.79 Å². The summed E-state index contributed by atoms with van der Waals surface area (Å²) in [7, 11) is 0. The summed E-state index contributed by atoms with van der Waals surface area (Å²) in [4.78, 5) is 11.0. The fourth-order valence-corrected chi connectivity index (χ4v) is 3.45. The number of aliphatic hydroxyl groups is 8. The van der Waals surface area contributed by atoms with E-state index in [0.29, 0.717) is 0 Å². The number of carboxylic acids is 1. The first-order valence-corrected chi connectivity index (χ1v) is 8.90. The summed E-state index contributed by atoms with van der Waals surface area (Å²) in [5, 5.41) is 90.7. The number of rotatable bonds is 8. The molecule has 0 aliphatic carbocycles. The topological polar surface area (TPSA) is 218 Å². The van der Waals surface area contributed by atoms with Gasteiger partial charge in [0, 0.05) is 0 Å². The van der Waals surface area contributed by atoms with Gasteiger partial charge in [-0.15, -0.1) is 0 Å². The first-order chi connectivity index (χ1) is 12.9. The second kappa shape index (κ2) is 7.96. The number of aliphatic carboxylic acids is 1. The standard InChI is InChI=1S/C17H32O12/c1-13(7-19)14(2,25)15(3,26)16(4,27)17(5,29-13)28-11(8(20)6-18)9(21)10(22)12(23)24/h8-11,18-22,25-27H,6-7H2,1-5H3,(H,23,24)/t8?,9?,10?,11?,13?,14-,15?,16?,17+/m0/s1. The van der Waals surface area contributed by atoms with Gasteiger partial charge in [0.2, 0.25) is 0 Å². The molecule has 29 heavy (non-hydrogen) atoms. The zero-order valence-corrected chi connectivity index (χ0v) is 17.0. The van der Waals surface area contributed by atoms with Gasteiger partial charge in [-0.2, -0.15) is 0 Å². The predicted molar refractivity (Wildman–Crippen MR) is 94.5 cm³/mol. The lowest BCUT2D eigenvalue weighted by atomic mass is 9.61. The van der Waals surface area contributed by atoms with Crippen molar-refractivity contribution in [2.45, 2.75) is 87.2 Å². The summed E-state index contributed by atoms with van der Waals surface area (Å²) in [6.45, 7) is 3.54. The van der Waals surface area contributed by atoms with Crippen molar-refractivity contribution >= 4 is 5.97 Å². The summed E-state index contributed by atoms with van der Waals surface area (Å²) in [5.74, 6) is -4.25. The Kier molecular flexibility index (Phi) is 7.17. The molecular formula is C17H32O12. The summed E-state index contributed by atoms with van der Waals surface area (Å²) < 4.78 is 11.1. The first-order valence-electron chi connectivity index (χ1n) is 8.90. The van der Waals surface area contributed by atoms with Crippen LogP contribution in [0.1, 0.15) is 34.6 Å². The van der Waals surface area contributed by atoms with Crippen molar-refractivity contribution < 1.29 is 60.2 Å². The van der Waals surface area contributed by atoms with Gasteiger partial charge in [0.05, 0.1) is 13.2 Å². The minimum atomic E-state index is -2.49. The van der Waals surface area contributed by atoms with Crippen LogP contribution in [0.25, 0.3) is 0 Å². The molecule has 1 fully saturated rings. The Morgan fingerprint density at radius 2 is 1.41 bits per heavy atom. The average molecular weight is 428 g/mol. The molecule has 9 N–H and O–H groups in total. The molecule has 9 atom stereocenters. The van der Waals surface area contributed by atoms with Crippen LogP contribution in [0, 0.1) is 0 Å². The predicted octanol–water partition coefficient (Wildman–Crippen LogP) is -3.72. The van der Waals surface area contributed by atoms with Crippen LogP contribution in [0.4, 0.5) is 0 Å². The summed E-state index contributed by atoms with van der Waals surface area (Å²) in [6.07, 6.45) is -8.70. The molecule has 12 heteroatoms. The highest BCUT2D eigenvalue weighted by molar-refractivity contribution is 5.72. The fraction of sp³-hybridized carbons (Fsp3) is 0.941. The van der Waals surface area contributed by atoms with Gasteiger partial charge in [-0.1, -0.05) is 0 Å². The molecule has 0 radical (unpaired) electrons. The zero-order valence-electron chi connectivity index (χ0n) is 17.0. The number of carboxylic acid groups (broad SMARTS) is 1. The van der Waals surface area contributed by atoms with Gasteiger partial charge in [0.15, 0.2) is 11.9 Å². The largest absolute Gasteiger partial charge is 0.479 e. The van der Waals surface area contributed by atoms with Crippen LogP contribution < -0.4 is 0 Å². The quantitative estimate of drug-likeness (QED) is 0.182. The van der Waals surface area contributed by atoms with Crippen LogP contribution in [0.2, 0.25) is 0 Å². The molecule has 1 aliphatic heterocycles. The third kappa shape index (κ3) is 3.78. The third-order valence-corrected chi connectivity index (χ3v) is 6.37. The van der Waals surface area contributed by atoms with Crippen molar-refractivity contribution in [2.75, 3.05) is 13.2 Å². The maximum absolute atomic E-state index is 11.1. The first kappa shape index (κ1) is 26.1. The van der Waals surface area contributed by atoms with Crippen LogP contribution in [0.5, 0.6) is 0 Å². The summed E-state index contributed by atoms with van der Waals surface area (Å²) in [5.41, 5.74) is -9.10. The lowest BCUT2D eigenvalue weighted by Crippen LogP contribution is -2.85. The minimum absolute atomic E-state index is 0.862. The van der Waals surface area contributed by atoms with E-state index in [1.807, 2.05) is 0 Å². The molecule has 0 bridgehead atoms. The molecule has 1 saturated heterocycles. The van der Waals surface area contributed by atoms with Crippen molar-refractivity contribution in [3.05, 3.63) is 0 Å². The van der Waals surface area contributed by atoms with Gasteiger partial charge in [-0.3, -0.25) is 0 Å². The van der Waals surface area contributed by atoms with Gasteiger partial charge in [0.25, 0.3) is 0 Å². The van der Waals surface area contributed by atoms with E-state index >= 15 is 0 Å². The lowest BCUT2D eigenvalue weighted by Gasteiger charge is -2.65. The molecule has 1 rings (SSSR count). The lowest BCUT2D eigenvalue weighted by molar-refractivity contribution is -0.468. The molecule has 0 aromatic rings. The molecule has 0 saturated carbocycles. The number of carbonyl (C=O) groups is 1. The van der Waals surface area contributed by atoms with E-state index < -0.39 is 71.8 Å². The second-order valence-electron chi connectivity index (χ2n) is 8.26. The van der Waals surface area contributed by atoms with E-state index in [2.05, 4.69) is 0 Å². The van der Waals surface area contributed by atoms with E-state index in [0.717, 1.165) is 27.7 Å². The maximum atomic E-state index is 11.1. The van der Waals surface area contributed by atoms with Gasteiger partial charge < -0.3 is 55.4 Å². The minimum Gasteiger partial charge on any atom is -0.479 e. The molecular weight excluding hydrogens is 396 g/mol. The number of hydrogen-bond acceptors (Lipinski definition) is 11. The van der Waals surface area contributed by atoms with E-state index in [9.17, 15) is 45.6 Å². The Morgan fingerprint density at radius 1 is 0.931 bits per heavy atom. The van der Waals surface area contributed by atoms with Gasteiger partial charge >= 0.3 is 5.97 Å². The van der Waals surface area contributed by atoms with E-state index in [1.54, 1.807) is 0 Å². The number of hydrogen-bond donors (Lipinski definition) is 9. The van der Waals surface area contributed by atoms with Crippen molar-refractivity contribution in [1.82, 2.24) is 0 Å². The van der Waals surface area contributed by atoms with Crippen LogP contribution in [0.15, 0.2) is 0 Å². The highest BCUT2D eigenvalue weighted by Crippen LogP contribution is 2.54. The van der Waals surface area contributed by atoms with Gasteiger partial charge in [0.1, 0.15) is 40.7 Å². The van der Waals surface area contributed by atoms with Crippen LogP contribution in [0.3, 0.4) is 0 Å². The van der Waals surface area contributed by atoms with E-state index in [-0.39, 0.29) is 0 Å². The van der Waals surface area contributed by atoms with Gasteiger partial charge in [-0.05, 0) is 34.6 Å². The number of aliphatic hydroxyl groups excluding tert-OH is 5. The van der Waals surface area contributed by atoms with Crippen LogP contribution in [-0.2, 0) is 14.3 Å². The Labute approximate surface area is 167 Å². The van der Waals surface area contributed by atoms with Crippen molar-refractivity contribution in [3.8, 4) is 0 Å². The van der Waals surface area contributed by atoms with Crippen molar-refractivity contribution in [2.24, 2.45) is 0 Å². The molecule has 0 spiro atoms. The Balaban J connectivity index is 3.52. The molecule has 172 valence electrons. The molecule has 12 nitrogen and oxygen atoms in total. The normalized spacial score (nSPS) is 44.7. The Morgan fingerprint density at radius 3 is 1.79 bits per heavy atom. The van der Waals surface area contributed by atoms with Crippen molar-refractivity contribution in [3.63, 3.8) is 0 Å². The Hall–Kier alpha value is -0.930. The Bertz CT molecular complexity index is 605. The zero-order chi connectivity index (χ0) is 23.2. The van der Waals surface area contributed by atoms with Crippen LogP contribution >= 0.6 is 0 Å². The highest BCUT2D eigenvalue weighted by atomic mass is 16.7. The highest BCUT2D eigenvalue weighted by Gasteiger charge is 2.75. The molecule has 0 amide bonds. The number of ether oxygens (including phenoxy) is 2. The monoisotopic (exact) mass is 428 g/mol. The molecule has 7 unspecified atom stereocenters. The summed E-state index contributed by atoms with van der Waals surface area (Å²) in [6, 6.07) is 0. The molecule has 0 aromatic carbocycles. The molecule has 1 heterocycles. The smallest absolute Gasteiger partial charge is 0.335 e. The maximum Gasteiger partial charge on any atom is 0.335 e. The van der Waals surface area contributed by atoms with Crippen LogP contribution in [-0.4, -0.2) is 118 Å². The van der Waals surface area contributed by atoms with E-state index in [4.69, 9.17) is 14.6 Å². The molecule has 0 aromatic heterocycles. The molecule has 1 aliphatic rings. The van der Waals surface area contributed by atoms with Crippen molar-refractivity contribution in [1.29, 1.82) is 0 Å². The van der Waals surface area contributed by atoms with E-state index in [1.165, 1.54) is 6.92 Å². The SMILES string of the molecule is CC1(O)C(C)(O)[C@@](C)(O)C(C)(CO)O[C@@]1(C)OC(C(O)CO)C(O)C(O)C(=O)O.